The summed E-state index contributed by atoms with van der Waals surface area (Å²) in [4.78, 5) is 7.84. The van der Waals surface area contributed by atoms with Gasteiger partial charge in [-0.1, -0.05) is 66.4 Å². The van der Waals surface area contributed by atoms with Crippen molar-refractivity contribution in [3.8, 4) is 0 Å². The van der Waals surface area contributed by atoms with Gasteiger partial charge >= 0.3 is 0 Å². The Kier molecular flexibility index (Phi) is 3.65. The first kappa shape index (κ1) is 12.1. The Hall–Kier alpha value is -2.00. The van der Waals surface area contributed by atoms with Crippen molar-refractivity contribution in [3.63, 3.8) is 0 Å². The zero-order valence-electron chi connectivity index (χ0n) is 10.4. The molecule has 94 valence electrons. The Labute approximate surface area is 116 Å². The summed E-state index contributed by atoms with van der Waals surface area (Å²) in [5.41, 5.74) is 3.35. The molecule has 0 aliphatic heterocycles. The van der Waals surface area contributed by atoms with Crippen LogP contribution in [0.15, 0.2) is 65.8 Å². The van der Waals surface area contributed by atoms with E-state index in [4.69, 9.17) is 0 Å². The topological polar surface area (TPSA) is 28.7 Å². The van der Waals surface area contributed by atoms with Gasteiger partial charge in [0.2, 0.25) is 0 Å². The summed E-state index contributed by atoms with van der Waals surface area (Å²) in [6.07, 6.45) is 4.29. The lowest BCUT2D eigenvalue weighted by atomic mass is 10.2. The van der Waals surface area contributed by atoms with Crippen LogP contribution in [0.4, 0.5) is 0 Å². The van der Waals surface area contributed by atoms with Gasteiger partial charge in [-0.15, -0.1) is 0 Å². The fourth-order valence-electron chi connectivity index (χ4n) is 1.87. The Bertz CT molecular complexity index is 653. The van der Waals surface area contributed by atoms with Gasteiger partial charge in [-0.25, -0.2) is 4.98 Å². The molecule has 3 heteroatoms. The summed E-state index contributed by atoms with van der Waals surface area (Å²) >= 11 is 1.71. The minimum absolute atomic E-state index is 0.911. The molecule has 0 amide bonds. The highest BCUT2D eigenvalue weighted by atomic mass is 32.2. The van der Waals surface area contributed by atoms with Gasteiger partial charge in [0.1, 0.15) is 0 Å². The van der Waals surface area contributed by atoms with Crippen molar-refractivity contribution in [2.45, 2.75) is 5.16 Å². The molecule has 3 rings (SSSR count). The largest absolute Gasteiger partial charge is 0.333 e. The monoisotopic (exact) mass is 266 g/mol. The second-order valence-corrected chi connectivity index (χ2v) is 5.19. The number of rotatable bonds is 4. The molecule has 0 radical (unpaired) electrons. The van der Waals surface area contributed by atoms with Gasteiger partial charge in [0.25, 0.3) is 0 Å². The number of para-hydroxylation sites is 2. The van der Waals surface area contributed by atoms with Crippen LogP contribution in [0, 0.1) is 0 Å². The van der Waals surface area contributed by atoms with E-state index in [1.807, 2.05) is 42.5 Å². The first-order valence-electron chi connectivity index (χ1n) is 6.21. The van der Waals surface area contributed by atoms with Crippen molar-refractivity contribution in [2.75, 3.05) is 5.75 Å². The van der Waals surface area contributed by atoms with Gasteiger partial charge in [0.15, 0.2) is 5.16 Å². The van der Waals surface area contributed by atoms with Crippen LogP contribution in [-0.2, 0) is 0 Å². The maximum absolute atomic E-state index is 4.53. The van der Waals surface area contributed by atoms with Gasteiger partial charge in [0, 0.05) is 5.75 Å². The van der Waals surface area contributed by atoms with Crippen LogP contribution in [-0.4, -0.2) is 15.7 Å². The molecular weight excluding hydrogens is 252 g/mol. The lowest BCUT2D eigenvalue weighted by molar-refractivity contribution is 1.08. The normalized spacial score (nSPS) is 11.4. The lowest BCUT2D eigenvalue weighted by Gasteiger charge is -1.92. The Morgan fingerprint density at radius 3 is 2.63 bits per heavy atom. The average Bonchev–Trinajstić information content (AvgIpc) is 2.87. The third-order valence-electron chi connectivity index (χ3n) is 2.79. The minimum atomic E-state index is 0.911. The molecule has 19 heavy (non-hydrogen) atoms. The molecule has 1 heterocycles. The van der Waals surface area contributed by atoms with E-state index in [0.29, 0.717) is 0 Å². The highest BCUT2D eigenvalue weighted by molar-refractivity contribution is 7.99. The van der Waals surface area contributed by atoms with Crippen molar-refractivity contribution in [2.24, 2.45) is 0 Å². The van der Waals surface area contributed by atoms with Crippen LogP contribution in [0.3, 0.4) is 0 Å². The third-order valence-corrected chi connectivity index (χ3v) is 3.62. The Morgan fingerprint density at radius 2 is 1.79 bits per heavy atom. The molecule has 0 saturated carbocycles. The Morgan fingerprint density at radius 1 is 1.00 bits per heavy atom. The number of fused-ring (bicyclic) bond motifs is 1. The second-order valence-electron chi connectivity index (χ2n) is 4.18. The zero-order chi connectivity index (χ0) is 12.9. The van der Waals surface area contributed by atoms with E-state index in [2.05, 4.69) is 34.3 Å². The maximum atomic E-state index is 4.53. The van der Waals surface area contributed by atoms with Crippen LogP contribution in [0.25, 0.3) is 17.1 Å². The number of H-pyrrole nitrogens is 1. The molecule has 0 fully saturated rings. The SMILES string of the molecule is C(=C/c1ccccc1)/CSc1nc2ccccc2[nH]1. The van der Waals surface area contributed by atoms with Gasteiger partial charge in [-0.3, -0.25) is 0 Å². The maximum Gasteiger partial charge on any atom is 0.166 e. The zero-order valence-corrected chi connectivity index (χ0v) is 11.2. The first-order chi connectivity index (χ1) is 9.42. The third kappa shape index (κ3) is 3.06. The molecule has 1 aromatic heterocycles. The minimum Gasteiger partial charge on any atom is -0.333 e. The van der Waals surface area contributed by atoms with Crippen molar-refractivity contribution in [1.82, 2.24) is 9.97 Å². The van der Waals surface area contributed by atoms with E-state index < -0.39 is 0 Å². The fourth-order valence-corrected chi connectivity index (χ4v) is 2.57. The number of hydrogen-bond acceptors (Lipinski definition) is 2. The van der Waals surface area contributed by atoms with Crippen molar-refractivity contribution < 1.29 is 0 Å². The first-order valence-corrected chi connectivity index (χ1v) is 7.19. The predicted octanol–water partition coefficient (Wildman–Crippen LogP) is 4.37. The molecule has 2 aromatic carbocycles. The smallest absolute Gasteiger partial charge is 0.166 e. The van der Waals surface area contributed by atoms with Crippen LogP contribution in [0.5, 0.6) is 0 Å². The van der Waals surface area contributed by atoms with Crippen molar-refractivity contribution in [1.29, 1.82) is 0 Å². The molecule has 0 saturated heterocycles. The standard InChI is InChI=1S/C16H14N2S/c1-2-7-13(8-3-1)9-6-12-19-16-17-14-10-4-5-11-15(14)18-16/h1-11H,12H2,(H,17,18)/b9-6-. The number of imidazole rings is 1. The summed E-state index contributed by atoms with van der Waals surface area (Å²) in [6.45, 7) is 0. The Balaban J connectivity index is 1.62. The fraction of sp³-hybridized carbons (Fsp3) is 0.0625. The number of aromatic nitrogens is 2. The lowest BCUT2D eigenvalue weighted by Crippen LogP contribution is -1.76. The molecule has 3 aromatic rings. The predicted molar refractivity (Wildman–Crippen MR) is 82.3 cm³/mol. The summed E-state index contributed by atoms with van der Waals surface area (Å²) in [5, 5.41) is 0.971. The molecule has 0 aliphatic carbocycles. The summed E-state index contributed by atoms with van der Waals surface area (Å²) in [5.74, 6) is 0.911. The second kappa shape index (κ2) is 5.76. The average molecular weight is 266 g/mol. The number of nitrogens with one attached hydrogen (secondary N) is 1. The van der Waals surface area contributed by atoms with Crippen LogP contribution >= 0.6 is 11.8 Å². The molecule has 0 bridgehead atoms. The van der Waals surface area contributed by atoms with Crippen molar-refractivity contribution >= 4 is 28.9 Å². The van der Waals surface area contributed by atoms with Gasteiger partial charge in [-0.2, -0.15) is 0 Å². The van der Waals surface area contributed by atoms with E-state index >= 15 is 0 Å². The highest BCUT2D eigenvalue weighted by Crippen LogP contribution is 2.19. The number of thioether (sulfide) groups is 1. The van der Waals surface area contributed by atoms with E-state index in [9.17, 15) is 0 Å². The number of nitrogens with zero attached hydrogens (tertiary/aromatic N) is 1. The number of hydrogen-bond donors (Lipinski definition) is 1. The number of benzene rings is 2. The molecule has 0 aliphatic rings. The summed E-state index contributed by atoms with van der Waals surface area (Å²) in [7, 11) is 0. The van der Waals surface area contributed by atoms with Gasteiger partial charge in [0.05, 0.1) is 11.0 Å². The molecule has 0 unspecified atom stereocenters. The molecule has 0 atom stereocenters. The van der Waals surface area contributed by atoms with Gasteiger partial charge in [-0.05, 0) is 17.7 Å². The van der Waals surface area contributed by atoms with E-state index in [-0.39, 0.29) is 0 Å². The van der Waals surface area contributed by atoms with Crippen LogP contribution < -0.4 is 0 Å². The van der Waals surface area contributed by atoms with Crippen LogP contribution in [0.2, 0.25) is 0 Å². The molecular formula is C16H14N2S. The van der Waals surface area contributed by atoms with Crippen LogP contribution in [0.1, 0.15) is 5.56 Å². The molecule has 1 N–H and O–H groups in total. The number of aromatic amines is 1. The van der Waals surface area contributed by atoms with E-state index in [1.165, 1.54) is 5.56 Å². The van der Waals surface area contributed by atoms with E-state index in [1.54, 1.807) is 11.8 Å². The molecule has 0 spiro atoms. The quantitative estimate of drug-likeness (QED) is 0.710. The summed E-state index contributed by atoms with van der Waals surface area (Å²) in [6, 6.07) is 18.4. The van der Waals surface area contributed by atoms with E-state index in [0.717, 1.165) is 21.9 Å². The molecule has 2 nitrogen and oxygen atoms in total. The van der Waals surface area contributed by atoms with Crippen molar-refractivity contribution in [3.05, 3.63) is 66.2 Å². The van der Waals surface area contributed by atoms with Gasteiger partial charge < -0.3 is 4.98 Å². The summed E-state index contributed by atoms with van der Waals surface area (Å²) < 4.78 is 0. The highest BCUT2D eigenvalue weighted by Gasteiger charge is 2.00.